The Balaban J connectivity index is 2.03. The van der Waals surface area contributed by atoms with Gasteiger partial charge in [-0.3, -0.25) is 0 Å². The van der Waals surface area contributed by atoms with Crippen LogP contribution in [0.2, 0.25) is 0 Å². The standard InChI is InChI=1S/C16H26N2O3S/c1-4-12-5-7-13(8-6-12)15(18(2)3)9-17-14-10-22(20,21)11-16(14)19/h5-8,14-17,19H,4,9-11H2,1-3H3/t14-,15-,16+/m0/s1. The second kappa shape index (κ2) is 7.08. The van der Waals surface area contributed by atoms with Gasteiger partial charge in [0.25, 0.3) is 0 Å². The van der Waals surface area contributed by atoms with Crippen LogP contribution in [0, 0.1) is 0 Å². The first-order valence-electron chi connectivity index (χ1n) is 7.69. The molecule has 0 saturated carbocycles. The van der Waals surface area contributed by atoms with Gasteiger partial charge in [0.1, 0.15) is 0 Å². The molecule has 0 unspecified atom stereocenters. The highest BCUT2D eigenvalue weighted by molar-refractivity contribution is 7.91. The van der Waals surface area contributed by atoms with Crippen molar-refractivity contribution in [3.63, 3.8) is 0 Å². The van der Waals surface area contributed by atoms with Gasteiger partial charge in [-0.15, -0.1) is 0 Å². The van der Waals surface area contributed by atoms with Crippen molar-refractivity contribution in [2.45, 2.75) is 31.5 Å². The van der Waals surface area contributed by atoms with E-state index in [1.54, 1.807) is 0 Å². The van der Waals surface area contributed by atoms with E-state index in [1.165, 1.54) is 11.1 Å². The maximum absolute atomic E-state index is 11.6. The van der Waals surface area contributed by atoms with Gasteiger partial charge in [-0.2, -0.15) is 0 Å². The molecule has 0 aliphatic carbocycles. The summed E-state index contributed by atoms with van der Waals surface area (Å²) >= 11 is 0. The van der Waals surface area contributed by atoms with E-state index in [-0.39, 0.29) is 23.6 Å². The molecule has 2 N–H and O–H groups in total. The van der Waals surface area contributed by atoms with Gasteiger partial charge in [0.15, 0.2) is 9.84 Å². The van der Waals surface area contributed by atoms with Crippen molar-refractivity contribution >= 4 is 9.84 Å². The summed E-state index contributed by atoms with van der Waals surface area (Å²) in [6.45, 7) is 2.73. The molecule has 0 spiro atoms. The molecule has 0 amide bonds. The Kier molecular flexibility index (Phi) is 5.60. The second-order valence-corrected chi connectivity index (χ2v) is 8.39. The lowest BCUT2D eigenvalue weighted by Gasteiger charge is -2.27. The van der Waals surface area contributed by atoms with Crippen LogP contribution < -0.4 is 5.32 Å². The van der Waals surface area contributed by atoms with Crippen LogP contribution in [0.1, 0.15) is 24.1 Å². The van der Waals surface area contributed by atoms with E-state index in [4.69, 9.17) is 0 Å². The molecule has 6 heteroatoms. The lowest BCUT2D eigenvalue weighted by Crippen LogP contribution is -2.43. The molecular formula is C16H26N2O3S. The lowest BCUT2D eigenvalue weighted by atomic mass is 10.0. The number of benzene rings is 1. The first-order valence-corrected chi connectivity index (χ1v) is 9.51. The Morgan fingerprint density at radius 3 is 2.36 bits per heavy atom. The third kappa shape index (κ3) is 4.29. The number of aryl methyl sites for hydroxylation is 1. The van der Waals surface area contributed by atoms with Crippen molar-refractivity contribution in [1.82, 2.24) is 10.2 Å². The maximum atomic E-state index is 11.6. The van der Waals surface area contributed by atoms with Crippen molar-refractivity contribution in [2.75, 3.05) is 32.1 Å². The molecule has 1 aromatic rings. The number of likely N-dealkylation sites (N-methyl/N-ethyl adjacent to an activating group) is 1. The predicted octanol–water partition coefficient (Wildman–Crippen LogP) is 0.599. The summed E-state index contributed by atoms with van der Waals surface area (Å²) in [5, 5.41) is 13.1. The topological polar surface area (TPSA) is 69.6 Å². The van der Waals surface area contributed by atoms with Gasteiger partial charge in [0.05, 0.1) is 17.6 Å². The van der Waals surface area contributed by atoms with Gasteiger partial charge in [0, 0.05) is 18.6 Å². The predicted molar refractivity (Wildman–Crippen MR) is 88.7 cm³/mol. The van der Waals surface area contributed by atoms with Crippen LogP contribution in [0.3, 0.4) is 0 Å². The van der Waals surface area contributed by atoms with Crippen LogP contribution in [-0.2, 0) is 16.3 Å². The number of nitrogens with one attached hydrogen (secondary N) is 1. The van der Waals surface area contributed by atoms with Crippen molar-refractivity contribution in [3.8, 4) is 0 Å². The van der Waals surface area contributed by atoms with Crippen LogP contribution >= 0.6 is 0 Å². The first kappa shape index (κ1) is 17.4. The van der Waals surface area contributed by atoms with Crippen LogP contribution in [0.5, 0.6) is 0 Å². The smallest absolute Gasteiger partial charge is 0.154 e. The zero-order chi connectivity index (χ0) is 16.3. The van der Waals surface area contributed by atoms with E-state index in [1.807, 2.05) is 14.1 Å². The number of nitrogens with zero attached hydrogens (tertiary/aromatic N) is 1. The summed E-state index contributed by atoms with van der Waals surface area (Å²) in [7, 11) is 0.891. The number of aliphatic hydroxyl groups is 1. The molecule has 22 heavy (non-hydrogen) atoms. The summed E-state index contributed by atoms with van der Waals surface area (Å²) in [6, 6.07) is 8.25. The van der Waals surface area contributed by atoms with Crippen LogP contribution in [0.15, 0.2) is 24.3 Å². The molecule has 1 aliphatic rings. The van der Waals surface area contributed by atoms with Crippen LogP contribution in [0.4, 0.5) is 0 Å². The highest BCUT2D eigenvalue weighted by Gasteiger charge is 2.36. The second-order valence-electron chi connectivity index (χ2n) is 6.23. The van der Waals surface area contributed by atoms with E-state index in [0.717, 1.165) is 6.42 Å². The molecule has 0 aromatic heterocycles. The molecule has 0 bridgehead atoms. The largest absolute Gasteiger partial charge is 0.390 e. The Bertz CT molecular complexity index is 584. The summed E-state index contributed by atoms with van der Waals surface area (Å²) in [6.07, 6.45) is 0.201. The highest BCUT2D eigenvalue weighted by Crippen LogP contribution is 2.20. The fraction of sp³-hybridized carbons (Fsp3) is 0.625. The fourth-order valence-electron chi connectivity index (χ4n) is 2.86. The molecule has 124 valence electrons. The number of sulfone groups is 1. The number of hydrogen-bond acceptors (Lipinski definition) is 5. The molecule has 2 rings (SSSR count). The number of hydrogen-bond donors (Lipinski definition) is 2. The normalized spacial score (nSPS) is 25.5. The number of rotatable bonds is 6. The zero-order valence-corrected chi connectivity index (χ0v) is 14.3. The van der Waals surface area contributed by atoms with Gasteiger partial charge in [0.2, 0.25) is 0 Å². The monoisotopic (exact) mass is 326 g/mol. The molecule has 1 heterocycles. The van der Waals surface area contributed by atoms with Crippen LogP contribution in [-0.4, -0.2) is 62.7 Å². The molecule has 5 nitrogen and oxygen atoms in total. The van der Waals surface area contributed by atoms with Gasteiger partial charge < -0.3 is 15.3 Å². The van der Waals surface area contributed by atoms with E-state index in [0.29, 0.717) is 6.54 Å². The zero-order valence-electron chi connectivity index (χ0n) is 13.5. The van der Waals surface area contributed by atoms with Crippen molar-refractivity contribution in [3.05, 3.63) is 35.4 Å². The Morgan fingerprint density at radius 2 is 1.91 bits per heavy atom. The minimum absolute atomic E-state index is 0.0170. The highest BCUT2D eigenvalue weighted by atomic mass is 32.2. The molecule has 1 aromatic carbocycles. The Hall–Kier alpha value is -0.950. The first-order chi connectivity index (χ1) is 10.3. The molecule has 1 saturated heterocycles. The molecular weight excluding hydrogens is 300 g/mol. The van der Waals surface area contributed by atoms with Crippen molar-refractivity contribution in [2.24, 2.45) is 0 Å². The number of aliphatic hydroxyl groups excluding tert-OH is 1. The van der Waals surface area contributed by atoms with E-state index >= 15 is 0 Å². The minimum atomic E-state index is -3.11. The average molecular weight is 326 g/mol. The molecule has 3 atom stereocenters. The van der Waals surface area contributed by atoms with E-state index < -0.39 is 15.9 Å². The minimum Gasteiger partial charge on any atom is -0.390 e. The quantitative estimate of drug-likeness (QED) is 0.801. The summed E-state index contributed by atoms with van der Waals surface area (Å²) in [5.74, 6) is -0.119. The fourth-order valence-corrected chi connectivity index (χ4v) is 4.64. The molecule has 1 fully saturated rings. The van der Waals surface area contributed by atoms with Gasteiger partial charge in [-0.25, -0.2) is 8.42 Å². The Morgan fingerprint density at radius 1 is 1.27 bits per heavy atom. The van der Waals surface area contributed by atoms with Crippen LogP contribution in [0.25, 0.3) is 0 Å². The van der Waals surface area contributed by atoms with Crippen molar-refractivity contribution < 1.29 is 13.5 Å². The van der Waals surface area contributed by atoms with Gasteiger partial charge in [-0.1, -0.05) is 31.2 Å². The lowest BCUT2D eigenvalue weighted by molar-refractivity contribution is 0.159. The Labute approximate surface area is 133 Å². The van der Waals surface area contributed by atoms with E-state index in [2.05, 4.69) is 41.4 Å². The summed E-state index contributed by atoms with van der Waals surface area (Å²) in [4.78, 5) is 2.10. The molecule has 1 aliphatic heterocycles. The summed E-state index contributed by atoms with van der Waals surface area (Å²) in [5.41, 5.74) is 2.48. The average Bonchev–Trinajstić information content (AvgIpc) is 2.72. The summed E-state index contributed by atoms with van der Waals surface area (Å²) < 4.78 is 23.1. The van der Waals surface area contributed by atoms with Gasteiger partial charge in [-0.05, 0) is 31.6 Å². The SMILES string of the molecule is CCc1ccc([C@H](CN[C@H]2CS(=O)(=O)C[C@H]2O)N(C)C)cc1. The third-order valence-corrected chi connectivity index (χ3v) is 6.01. The van der Waals surface area contributed by atoms with E-state index in [9.17, 15) is 13.5 Å². The molecule has 0 radical (unpaired) electrons. The van der Waals surface area contributed by atoms with Crippen molar-refractivity contribution in [1.29, 1.82) is 0 Å². The van der Waals surface area contributed by atoms with Gasteiger partial charge >= 0.3 is 0 Å². The maximum Gasteiger partial charge on any atom is 0.154 e. The third-order valence-electron chi connectivity index (χ3n) is 4.29.